The molecule has 0 bridgehead atoms. The minimum atomic E-state index is -4.87. The smallest absolute Gasteiger partial charge is 0.471 e. The first-order valence-electron chi connectivity index (χ1n) is 9.71. The van der Waals surface area contributed by atoms with Crippen LogP contribution in [0.3, 0.4) is 0 Å². The fraction of sp³-hybridized carbons (Fsp3) is 0.273. The molecule has 0 aliphatic carbocycles. The summed E-state index contributed by atoms with van der Waals surface area (Å²) in [6, 6.07) is 12.1. The van der Waals surface area contributed by atoms with Crippen LogP contribution in [0.15, 0.2) is 48.5 Å². The summed E-state index contributed by atoms with van der Waals surface area (Å²) < 4.78 is 42.8. The summed E-state index contributed by atoms with van der Waals surface area (Å²) in [5, 5.41) is 3.06. The molecule has 2 aromatic carbocycles. The second kappa shape index (κ2) is 9.95. The molecule has 1 saturated heterocycles. The molecule has 1 aliphatic rings. The van der Waals surface area contributed by atoms with Crippen molar-refractivity contribution in [3.8, 4) is 5.75 Å². The van der Waals surface area contributed by atoms with Gasteiger partial charge in [-0.2, -0.15) is 13.2 Å². The van der Waals surface area contributed by atoms with E-state index in [9.17, 15) is 22.8 Å². The molecular formula is C22H21ClF3N3O3. The molecule has 170 valence electrons. The molecule has 1 aliphatic heterocycles. The predicted octanol–water partition coefficient (Wildman–Crippen LogP) is 4.21. The van der Waals surface area contributed by atoms with Crippen molar-refractivity contribution >= 4 is 40.9 Å². The Bertz CT molecular complexity index is 1000. The fourth-order valence-corrected chi connectivity index (χ4v) is 3.54. The zero-order valence-electron chi connectivity index (χ0n) is 17.2. The first-order chi connectivity index (χ1) is 15.2. The average Bonchev–Trinajstić information content (AvgIpc) is 2.77. The highest BCUT2D eigenvalue weighted by molar-refractivity contribution is 6.33. The molecule has 0 spiro atoms. The van der Waals surface area contributed by atoms with Gasteiger partial charge in [0.05, 0.1) is 17.8 Å². The van der Waals surface area contributed by atoms with Crippen molar-refractivity contribution in [1.82, 2.24) is 4.90 Å². The van der Waals surface area contributed by atoms with Gasteiger partial charge in [-0.25, -0.2) is 0 Å². The van der Waals surface area contributed by atoms with Gasteiger partial charge in [-0.1, -0.05) is 23.7 Å². The summed E-state index contributed by atoms with van der Waals surface area (Å²) in [6.45, 7) is 0.336. The van der Waals surface area contributed by atoms with E-state index >= 15 is 0 Å². The highest BCUT2D eigenvalue weighted by Gasteiger charge is 2.43. The number of piperazine rings is 1. The zero-order chi connectivity index (χ0) is 23.3. The van der Waals surface area contributed by atoms with E-state index in [1.54, 1.807) is 48.4 Å². The maximum atomic E-state index is 12.6. The van der Waals surface area contributed by atoms with Crippen molar-refractivity contribution in [3.05, 3.63) is 59.1 Å². The highest BCUT2D eigenvalue weighted by atomic mass is 35.5. The van der Waals surface area contributed by atoms with Gasteiger partial charge < -0.3 is 19.9 Å². The average molecular weight is 468 g/mol. The Morgan fingerprint density at radius 1 is 1.06 bits per heavy atom. The van der Waals surface area contributed by atoms with E-state index in [0.29, 0.717) is 16.4 Å². The van der Waals surface area contributed by atoms with Crippen LogP contribution in [0.25, 0.3) is 6.08 Å². The maximum Gasteiger partial charge on any atom is 0.471 e. The Balaban J connectivity index is 1.57. The van der Waals surface area contributed by atoms with Crippen LogP contribution in [-0.4, -0.2) is 56.2 Å². The Kier molecular flexibility index (Phi) is 7.29. The third kappa shape index (κ3) is 5.94. The lowest BCUT2D eigenvalue weighted by molar-refractivity contribution is -0.185. The molecule has 2 aromatic rings. The molecular weight excluding hydrogens is 447 g/mol. The Hall–Kier alpha value is -3.20. The lowest BCUT2D eigenvalue weighted by Gasteiger charge is -2.36. The Morgan fingerprint density at radius 3 is 2.28 bits per heavy atom. The molecule has 2 amide bonds. The number of rotatable bonds is 5. The Labute approximate surface area is 188 Å². The van der Waals surface area contributed by atoms with Gasteiger partial charge in [-0.15, -0.1) is 0 Å². The number of hydrogen-bond acceptors (Lipinski definition) is 4. The number of ether oxygens (including phenoxy) is 1. The van der Waals surface area contributed by atoms with Crippen molar-refractivity contribution < 1.29 is 27.5 Å². The van der Waals surface area contributed by atoms with Gasteiger partial charge in [0.25, 0.3) is 0 Å². The summed E-state index contributed by atoms with van der Waals surface area (Å²) in [5.74, 6) is -1.46. The molecule has 10 heteroatoms. The minimum absolute atomic E-state index is 0.0523. The first kappa shape index (κ1) is 23.5. The van der Waals surface area contributed by atoms with Crippen molar-refractivity contribution in [2.75, 3.05) is 43.5 Å². The van der Waals surface area contributed by atoms with E-state index in [1.807, 2.05) is 12.1 Å². The predicted molar refractivity (Wildman–Crippen MR) is 117 cm³/mol. The Morgan fingerprint density at radius 2 is 1.72 bits per heavy atom. The molecule has 0 saturated carbocycles. The van der Waals surface area contributed by atoms with E-state index in [0.717, 1.165) is 16.2 Å². The molecule has 1 N–H and O–H groups in total. The van der Waals surface area contributed by atoms with Gasteiger partial charge in [0.15, 0.2) is 0 Å². The van der Waals surface area contributed by atoms with Crippen LogP contribution in [0, 0.1) is 0 Å². The second-order valence-electron chi connectivity index (χ2n) is 7.04. The molecule has 0 radical (unpaired) electrons. The van der Waals surface area contributed by atoms with Crippen molar-refractivity contribution in [1.29, 1.82) is 0 Å². The molecule has 0 unspecified atom stereocenters. The van der Waals surface area contributed by atoms with Crippen LogP contribution < -0.4 is 15.0 Å². The zero-order valence-corrected chi connectivity index (χ0v) is 17.9. The first-order valence-corrected chi connectivity index (χ1v) is 10.1. The molecule has 32 heavy (non-hydrogen) atoms. The van der Waals surface area contributed by atoms with Crippen LogP contribution >= 0.6 is 11.6 Å². The van der Waals surface area contributed by atoms with Gasteiger partial charge in [-0.05, 0) is 42.0 Å². The van der Waals surface area contributed by atoms with E-state index < -0.39 is 12.1 Å². The summed E-state index contributed by atoms with van der Waals surface area (Å²) in [7, 11) is 1.57. The number of hydrogen-bond donors (Lipinski definition) is 1. The summed E-state index contributed by atoms with van der Waals surface area (Å²) in [5.41, 5.74) is 1.93. The molecule has 6 nitrogen and oxygen atoms in total. The van der Waals surface area contributed by atoms with Gasteiger partial charge in [0.2, 0.25) is 5.91 Å². The molecule has 0 aromatic heterocycles. The summed E-state index contributed by atoms with van der Waals surface area (Å²) >= 11 is 6.34. The minimum Gasteiger partial charge on any atom is -0.497 e. The number of anilines is 2. The number of alkyl halides is 3. The lowest BCUT2D eigenvalue weighted by Crippen LogP contribution is -2.52. The summed E-state index contributed by atoms with van der Waals surface area (Å²) in [4.78, 5) is 26.1. The van der Waals surface area contributed by atoms with Crippen LogP contribution in [0.1, 0.15) is 5.56 Å². The number of nitrogens with one attached hydrogen (secondary N) is 1. The number of nitrogens with zero attached hydrogens (tertiary/aromatic N) is 2. The van der Waals surface area contributed by atoms with Crippen molar-refractivity contribution in [2.45, 2.75) is 6.18 Å². The summed E-state index contributed by atoms with van der Waals surface area (Å²) in [6.07, 6.45) is -1.82. The number of methoxy groups -OCH3 is 1. The van der Waals surface area contributed by atoms with Gasteiger partial charge in [0, 0.05) is 37.9 Å². The van der Waals surface area contributed by atoms with Crippen molar-refractivity contribution in [3.63, 3.8) is 0 Å². The number of benzene rings is 2. The molecule has 3 rings (SSSR count). The standard InChI is InChI=1S/C22H21ClF3N3O3/c1-32-17-6-2-15(3-7-17)4-9-20(30)27-16-5-8-19(18(23)14-16)28-10-12-29(13-11-28)21(31)22(24,25)26/h2-9,14H,10-13H2,1H3,(H,27,30)/b9-4+. The molecule has 0 atom stereocenters. The second-order valence-corrected chi connectivity index (χ2v) is 7.45. The molecule has 1 heterocycles. The number of carbonyl (C=O) groups is 2. The van der Waals surface area contributed by atoms with Gasteiger partial charge in [-0.3, -0.25) is 9.59 Å². The van der Waals surface area contributed by atoms with Crippen LogP contribution in [0.2, 0.25) is 5.02 Å². The lowest BCUT2D eigenvalue weighted by atomic mass is 10.2. The maximum absolute atomic E-state index is 12.6. The van der Waals surface area contributed by atoms with E-state index in [4.69, 9.17) is 16.3 Å². The quantitative estimate of drug-likeness (QED) is 0.669. The molecule has 1 fully saturated rings. The van der Waals surface area contributed by atoms with Crippen LogP contribution in [-0.2, 0) is 9.59 Å². The van der Waals surface area contributed by atoms with Gasteiger partial charge in [0.1, 0.15) is 5.75 Å². The van der Waals surface area contributed by atoms with E-state index in [-0.39, 0.29) is 32.1 Å². The normalized spacial score (nSPS) is 14.5. The van der Waals surface area contributed by atoms with Crippen molar-refractivity contribution in [2.24, 2.45) is 0 Å². The number of amides is 2. The number of halogens is 4. The van der Waals surface area contributed by atoms with Gasteiger partial charge >= 0.3 is 12.1 Å². The number of carbonyl (C=O) groups excluding carboxylic acids is 2. The SMILES string of the molecule is COc1ccc(/C=C/C(=O)Nc2ccc(N3CCN(C(=O)C(F)(F)F)CC3)c(Cl)c2)cc1. The monoisotopic (exact) mass is 467 g/mol. The highest BCUT2D eigenvalue weighted by Crippen LogP contribution is 2.30. The fourth-order valence-electron chi connectivity index (χ4n) is 3.24. The van der Waals surface area contributed by atoms with Crippen LogP contribution in [0.4, 0.5) is 24.5 Å². The third-order valence-corrected chi connectivity index (χ3v) is 5.21. The van der Waals surface area contributed by atoms with E-state index in [2.05, 4.69) is 5.32 Å². The third-order valence-electron chi connectivity index (χ3n) is 4.91. The van der Waals surface area contributed by atoms with E-state index in [1.165, 1.54) is 6.08 Å². The van der Waals surface area contributed by atoms with Crippen LogP contribution in [0.5, 0.6) is 5.75 Å². The largest absolute Gasteiger partial charge is 0.497 e. The topological polar surface area (TPSA) is 61.9 Å².